The van der Waals surface area contributed by atoms with Gasteiger partial charge in [0.1, 0.15) is 0 Å². The van der Waals surface area contributed by atoms with Gasteiger partial charge in [0, 0.05) is 11.1 Å². The molecule has 1 aromatic carbocycles. The molecule has 2 nitrogen and oxygen atoms in total. The van der Waals surface area contributed by atoms with E-state index in [9.17, 15) is 13.2 Å². The van der Waals surface area contributed by atoms with Crippen LogP contribution in [0.4, 0.5) is 13.2 Å². The Bertz CT molecular complexity index is 511. The molecule has 1 aromatic heterocycles. The van der Waals surface area contributed by atoms with Gasteiger partial charge in [-0.05, 0) is 31.5 Å². The molecule has 0 saturated heterocycles. The van der Waals surface area contributed by atoms with E-state index in [4.69, 9.17) is 0 Å². The lowest BCUT2D eigenvalue weighted by atomic mass is 10.1. The van der Waals surface area contributed by atoms with Gasteiger partial charge in [-0.15, -0.1) is 0 Å². The molecule has 5 heteroatoms. The Morgan fingerprint density at radius 2 is 1.87 bits per heavy atom. The van der Waals surface area contributed by atoms with Crippen LogP contribution in [0.2, 0.25) is 0 Å². The van der Waals surface area contributed by atoms with Crippen molar-refractivity contribution in [3.05, 3.63) is 29.0 Å². The van der Waals surface area contributed by atoms with Crippen LogP contribution in [-0.2, 0) is 6.18 Å². The third-order valence-electron chi connectivity index (χ3n) is 2.36. The normalized spacial score (nSPS) is 12.3. The van der Waals surface area contributed by atoms with Crippen LogP contribution in [0.1, 0.15) is 16.8 Å². The van der Waals surface area contributed by atoms with Crippen molar-refractivity contribution in [1.29, 1.82) is 0 Å². The van der Waals surface area contributed by atoms with Crippen molar-refractivity contribution in [3.8, 4) is 0 Å². The van der Waals surface area contributed by atoms with Gasteiger partial charge < -0.3 is 0 Å². The molecule has 0 saturated carbocycles. The molecule has 0 radical (unpaired) electrons. The van der Waals surface area contributed by atoms with E-state index in [-0.39, 0.29) is 0 Å². The van der Waals surface area contributed by atoms with Crippen LogP contribution in [-0.4, -0.2) is 10.2 Å². The molecule has 0 unspecified atom stereocenters. The van der Waals surface area contributed by atoms with Gasteiger partial charge in [-0.2, -0.15) is 18.3 Å². The fourth-order valence-corrected chi connectivity index (χ4v) is 1.71. The minimum atomic E-state index is -4.31. The van der Waals surface area contributed by atoms with Crippen LogP contribution in [0.25, 0.3) is 10.9 Å². The molecular formula is C10H9F3N2. The largest absolute Gasteiger partial charge is 0.416 e. The van der Waals surface area contributed by atoms with Gasteiger partial charge in [-0.25, -0.2) is 0 Å². The number of fused-ring (bicyclic) bond motifs is 1. The summed E-state index contributed by atoms with van der Waals surface area (Å²) in [6, 6.07) is 2.21. The Labute approximate surface area is 84.1 Å². The maximum Gasteiger partial charge on any atom is 0.416 e. The Balaban J connectivity index is 2.74. The first-order valence-corrected chi connectivity index (χ1v) is 4.42. The molecular weight excluding hydrogens is 205 g/mol. The molecule has 0 amide bonds. The van der Waals surface area contributed by atoms with Gasteiger partial charge in [-0.1, -0.05) is 0 Å². The van der Waals surface area contributed by atoms with Gasteiger partial charge in [0.15, 0.2) is 0 Å². The number of alkyl halides is 3. The number of hydrogen-bond acceptors (Lipinski definition) is 1. The molecule has 0 aliphatic rings. The smallest absolute Gasteiger partial charge is 0.282 e. The zero-order valence-electron chi connectivity index (χ0n) is 8.24. The van der Waals surface area contributed by atoms with E-state index in [2.05, 4.69) is 10.2 Å². The van der Waals surface area contributed by atoms with Crippen molar-refractivity contribution in [2.75, 3.05) is 0 Å². The average molecular weight is 214 g/mol. The van der Waals surface area contributed by atoms with Crippen molar-refractivity contribution in [1.82, 2.24) is 10.2 Å². The van der Waals surface area contributed by atoms with Crippen LogP contribution in [0.3, 0.4) is 0 Å². The van der Waals surface area contributed by atoms with E-state index in [1.165, 1.54) is 0 Å². The lowest BCUT2D eigenvalue weighted by Gasteiger charge is -2.07. The Morgan fingerprint density at radius 1 is 1.20 bits per heavy atom. The van der Waals surface area contributed by atoms with E-state index in [0.29, 0.717) is 11.1 Å². The minimum absolute atomic E-state index is 0.361. The summed E-state index contributed by atoms with van der Waals surface area (Å²) in [6.07, 6.45) is -4.31. The highest BCUT2D eigenvalue weighted by Crippen LogP contribution is 2.33. The molecule has 0 fully saturated rings. The van der Waals surface area contributed by atoms with Crippen molar-refractivity contribution in [2.45, 2.75) is 20.0 Å². The Kier molecular flexibility index (Phi) is 1.99. The zero-order valence-corrected chi connectivity index (χ0v) is 8.24. The molecule has 1 heterocycles. The van der Waals surface area contributed by atoms with Crippen molar-refractivity contribution >= 4 is 10.9 Å². The molecule has 0 atom stereocenters. The van der Waals surface area contributed by atoms with E-state index < -0.39 is 11.7 Å². The first-order chi connectivity index (χ1) is 6.89. The lowest BCUT2D eigenvalue weighted by molar-refractivity contribution is -0.137. The fourth-order valence-electron chi connectivity index (χ4n) is 1.71. The first-order valence-electron chi connectivity index (χ1n) is 4.42. The van der Waals surface area contributed by atoms with E-state index in [1.54, 1.807) is 13.8 Å². The molecule has 0 aliphatic carbocycles. The SMILES string of the molecule is Cc1cc(C(F)(F)F)cc2n[nH]c(C)c12. The monoisotopic (exact) mass is 214 g/mol. The summed E-state index contributed by atoms with van der Waals surface area (Å²) in [6.45, 7) is 3.44. The second kappa shape index (κ2) is 2.98. The predicted octanol–water partition coefficient (Wildman–Crippen LogP) is 3.20. The number of rotatable bonds is 0. The van der Waals surface area contributed by atoms with E-state index >= 15 is 0 Å². The standard InChI is InChI=1S/C10H9F3N2/c1-5-3-7(10(11,12)13)4-8-9(5)6(2)14-15-8/h3-4H,1-2H3,(H,14,15). The molecule has 1 N–H and O–H groups in total. The van der Waals surface area contributed by atoms with Gasteiger partial charge in [0.25, 0.3) is 0 Å². The van der Waals surface area contributed by atoms with Crippen molar-refractivity contribution < 1.29 is 13.2 Å². The number of aromatic amines is 1. The summed E-state index contributed by atoms with van der Waals surface area (Å²) < 4.78 is 37.4. The van der Waals surface area contributed by atoms with Crippen molar-refractivity contribution in [2.24, 2.45) is 0 Å². The second-order valence-corrected chi connectivity index (χ2v) is 3.53. The molecule has 15 heavy (non-hydrogen) atoms. The highest BCUT2D eigenvalue weighted by Gasteiger charge is 2.31. The van der Waals surface area contributed by atoms with Crippen LogP contribution in [0.15, 0.2) is 12.1 Å². The molecule has 0 aliphatic heterocycles. The summed E-state index contributed by atoms with van der Waals surface area (Å²) in [5, 5.41) is 7.27. The topological polar surface area (TPSA) is 28.7 Å². The number of nitrogens with one attached hydrogen (secondary N) is 1. The summed E-state index contributed by atoms with van der Waals surface area (Å²) in [7, 11) is 0. The van der Waals surface area contributed by atoms with Crippen LogP contribution < -0.4 is 0 Å². The summed E-state index contributed by atoms with van der Waals surface area (Å²) in [4.78, 5) is 0. The predicted molar refractivity (Wildman–Crippen MR) is 50.6 cm³/mol. The summed E-state index contributed by atoms with van der Waals surface area (Å²) in [5.74, 6) is 0. The third-order valence-corrected chi connectivity index (χ3v) is 2.36. The van der Waals surface area contributed by atoms with Gasteiger partial charge in [0.2, 0.25) is 0 Å². The first kappa shape index (κ1) is 10.0. The number of nitrogens with zero attached hydrogens (tertiary/aromatic N) is 1. The number of aromatic nitrogens is 2. The van der Waals surface area contributed by atoms with E-state index in [1.807, 2.05) is 0 Å². The fraction of sp³-hybridized carbons (Fsp3) is 0.300. The second-order valence-electron chi connectivity index (χ2n) is 3.53. The number of halogens is 3. The lowest BCUT2D eigenvalue weighted by Crippen LogP contribution is -2.05. The van der Waals surface area contributed by atoms with E-state index in [0.717, 1.165) is 23.2 Å². The Morgan fingerprint density at radius 3 is 2.47 bits per heavy atom. The highest BCUT2D eigenvalue weighted by atomic mass is 19.4. The summed E-state index contributed by atoms with van der Waals surface area (Å²) >= 11 is 0. The molecule has 0 bridgehead atoms. The van der Waals surface area contributed by atoms with Crippen molar-refractivity contribution in [3.63, 3.8) is 0 Å². The van der Waals surface area contributed by atoms with Gasteiger partial charge in [-0.3, -0.25) is 5.10 Å². The maximum atomic E-state index is 12.5. The number of benzene rings is 1. The third kappa shape index (κ3) is 1.58. The molecule has 80 valence electrons. The number of H-pyrrole nitrogens is 1. The van der Waals surface area contributed by atoms with Crippen LogP contribution in [0.5, 0.6) is 0 Å². The van der Waals surface area contributed by atoms with Crippen LogP contribution in [0, 0.1) is 13.8 Å². The number of hydrogen-bond donors (Lipinski definition) is 1. The molecule has 2 aromatic rings. The molecule has 2 rings (SSSR count). The zero-order chi connectivity index (χ0) is 11.2. The average Bonchev–Trinajstić information content (AvgIpc) is 2.46. The minimum Gasteiger partial charge on any atom is -0.282 e. The number of aryl methyl sites for hydroxylation is 2. The van der Waals surface area contributed by atoms with Crippen LogP contribution >= 0.6 is 0 Å². The highest BCUT2D eigenvalue weighted by molar-refractivity contribution is 5.85. The Hall–Kier alpha value is -1.52. The van der Waals surface area contributed by atoms with Gasteiger partial charge >= 0.3 is 6.18 Å². The maximum absolute atomic E-state index is 12.5. The van der Waals surface area contributed by atoms with Gasteiger partial charge in [0.05, 0.1) is 11.1 Å². The summed E-state index contributed by atoms with van der Waals surface area (Å²) in [5.41, 5.74) is 1.08. The molecule has 0 spiro atoms. The quantitative estimate of drug-likeness (QED) is 0.716.